The summed E-state index contributed by atoms with van der Waals surface area (Å²) in [6, 6.07) is 11.9. The molecular formula is C17H17ClN4. The monoisotopic (exact) mass is 312 g/mol. The number of pyridine rings is 1. The first kappa shape index (κ1) is 13.7. The Balaban J connectivity index is 1.83. The lowest BCUT2D eigenvalue weighted by Crippen LogP contribution is -2.13. The Hall–Kier alpha value is -1.91. The second-order valence-corrected chi connectivity index (χ2v) is 6.09. The van der Waals surface area contributed by atoms with Gasteiger partial charge in [0, 0.05) is 23.7 Å². The van der Waals surface area contributed by atoms with Crippen molar-refractivity contribution < 1.29 is 0 Å². The molecule has 1 N–H and O–H groups in total. The molecule has 0 spiro atoms. The van der Waals surface area contributed by atoms with E-state index in [-0.39, 0.29) is 0 Å². The Morgan fingerprint density at radius 3 is 2.95 bits per heavy atom. The highest BCUT2D eigenvalue weighted by Gasteiger charge is 2.24. The van der Waals surface area contributed by atoms with Gasteiger partial charge < -0.3 is 9.88 Å². The first-order chi connectivity index (χ1) is 10.8. The predicted molar refractivity (Wildman–Crippen MR) is 88.3 cm³/mol. The van der Waals surface area contributed by atoms with Gasteiger partial charge in [0.25, 0.3) is 0 Å². The number of hydrogen-bond acceptors (Lipinski definition) is 3. The van der Waals surface area contributed by atoms with Crippen LogP contribution in [0.15, 0.2) is 42.6 Å². The maximum Gasteiger partial charge on any atom is 0.160 e. The summed E-state index contributed by atoms with van der Waals surface area (Å²) in [5, 5.41) is 4.21. The fourth-order valence-corrected chi connectivity index (χ4v) is 3.31. The van der Waals surface area contributed by atoms with Crippen LogP contribution in [0.2, 0.25) is 5.02 Å². The van der Waals surface area contributed by atoms with Crippen LogP contribution in [0.4, 0.5) is 0 Å². The largest absolute Gasteiger partial charge is 0.316 e. The third kappa shape index (κ3) is 2.38. The summed E-state index contributed by atoms with van der Waals surface area (Å²) >= 11 is 6.34. The molecule has 4 nitrogen and oxygen atoms in total. The van der Waals surface area contributed by atoms with Crippen molar-refractivity contribution >= 4 is 22.8 Å². The SMILES string of the molecule is Clc1ccccc1Cn1c(C2CCNC2)nc2cccnc21. The van der Waals surface area contributed by atoms with E-state index in [1.807, 2.05) is 36.5 Å². The average Bonchev–Trinajstić information content (AvgIpc) is 3.17. The van der Waals surface area contributed by atoms with E-state index < -0.39 is 0 Å². The predicted octanol–water partition coefficient (Wildman–Crippen LogP) is 3.21. The fourth-order valence-electron chi connectivity index (χ4n) is 3.12. The topological polar surface area (TPSA) is 42.7 Å². The maximum atomic E-state index is 6.34. The Morgan fingerprint density at radius 2 is 2.14 bits per heavy atom. The summed E-state index contributed by atoms with van der Waals surface area (Å²) < 4.78 is 2.22. The van der Waals surface area contributed by atoms with Gasteiger partial charge in [-0.05, 0) is 36.7 Å². The van der Waals surface area contributed by atoms with Crippen LogP contribution in [0, 0.1) is 0 Å². The van der Waals surface area contributed by atoms with Gasteiger partial charge in [0.2, 0.25) is 0 Å². The molecular weight excluding hydrogens is 296 g/mol. The molecule has 0 radical (unpaired) electrons. The molecule has 112 valence electrons. The van der Waals surface area contributed by atoms with Gasteiger partial charge in [-0.2, -0.15) is 0 Å². The number of benzene rings is 1. The van der Waals surface area contributed by atoms with Crippen molar-refractivity contribution in [3.63, 3.8) is 0 Å². The van der Waals surface area contributed by atoms with Gasteiger partial charge in [0.15, 0.2) is 5.65 Å². The number of imidazole rings is 1. The molecule has 2 aromatic heterocycles. The van der Waals surface area contributed by atoms with Crippen molar-refractivity contribution in [1.29, 1.82) is 0 Å². The number of nitrogens with zero attached hydrogens (tertiary/aromatic N) is 3. The molecule has 1 aliphatic heterocycles. The lowest BCUT2D eigenvalue weighted by Gasteiger charge is -2.13. The fraction of sp³-hybridized carbons (Fsp3) is 0.294. The number of fused-ring (bicyclic) bond motifs is 1. The highest BCUT2D eigenvalue weighted by molar-refractivity contribution is 6.31. The molecule has 3 heterocycles. The first-order valence-corrected chi connectivity index (χ1v) is 7.96. The zero-order valence-corrected chi connectivity index (χ0v) is 12.9. The smallest absolute Gasteiger partial charge is 0.160 e. The molecule has 22 heavy (non-hydrogen) atoms. The van der Waals surface area contributed by atoms with Crippen LogP contribution in [-0.2, 0) is 6.54 Å². The van der Waals surface area contributed by atoms with Gasteiger partial charge in [0.05, 0.1) is 6.54 Å². The molecule has 0 saturated carbocycles. The van der Waals surface area contributed by atoms with E-state index in [2.05, 4.69) is 20.9 Å². The van der Waals surface area contributed by atoms with Crippen LogP contribution in [0.3, 0.4) is 0 Å². The Labute approximate surface area is 134 Å². The van der Waals surface area contributed by atoms with Gasteiger partial charge in [-0.15, -0.1) is 0 Å². The van der Waals surface area contributed by atoms with E-state index in [1.165, 1.54) is 0 Å². The van der Waals surface area contributed by atoms with E-state index >= 15 is 0 Å². The van der Waals surface area contributed by atoms with E-state index in [0.29, 0.717) is 12.5 Å². The summed E-state index contributed by atoms with van der Waals surface area (Å²) in [6.07, 6.45) is 2.94. The van der Waals surface area contributed by atoms with Crippen LogP contribution < -0.4 is 5.32 Å². The summed E-state index contributed by atoms with van der Waals surface area (Å²) in [7, 11) is 0. The lowest BCUT2D eigenvalue weighted by molar-refractivity contribution is 0.640. The molecule has 0 amide bonds. The molecule has 1 aromatic carbocycles. The van der Waals surface area contributed by atoms with E-state index in [9.17, 15) is 0 Å². The van der Waals surface area contributed by atoms with Crippen LogP contribution in [-0.4, -0.2) is 27.6 Å². The molecule has 1 atom stereocenters. The zero-order valence-electron chi connectivity index (χ0n) is 12.2. The van der Waals surface area contributed by atoms with Crippen LogP contribution in [0.25, 0.3) is 11.2 Å². The Morgan fingerprint density at radius 1 is 1.23 bits per heavy atom. The number of rotatable bonds is 3. The van der Waals surface area contributed by atoms with Crippen LogP contribution in [0.1, 0.15) is 23.7 Å². The maximum absolute atomic E-state index is 6.34. The summed E-state index contributed by atoms with van der Waals surface area (Å²) in [6.45, 7) is 2.73. The van der Waals surface area contributed by atoms with Gasteiger partial charge >= 0.3 is 0 Å². The molecule has 1 unspecified atom stereocenters. The first-order valence-electron chi connectivity index (χ1n) is 7.58. The Kier molecular flexibility index (Phi) is 3.56. The molecule has 5 heteroatoms. The Bertz CT molecular complexity index is 805. The standard InChI is InChI=1S/C17H17ClN4/c18-14-5-2-1-4-13(14)11-22-16(12-7-9-19-10-12)21-15-6-3-8-20-17(15)22/h1-6,8,12,19H,7,9-11H2. The van der Waals surface area contributed by atoms with Crippen molar-refractivity contribution in [3.05, 3.63) is 59.0 Å². The summed E-state index contributed by atoms with van der Waals surface area (Å²) in [5.74, 6) is 1.55. The zero-order chi connectivity index (χ0) is 14.9. The molecule has 3 aromatic rings. The van der Waals surface area contributed by atoms with Gasteiger partial charge in [-0.1, -0.05) is 29.8 Å². The van der Waals surface area contributed by atoms with Crippen molar-refractivity contribution in [1.82, 2.24) is 19.9 Å². The second kappa shape index (κ2) is 5.71. The van der Waals surface area contributed by atoms with Crippen LogP contribution in [0.5, 0.6) is 0 Å². The number of aromatic nitrogens is 3. The molecule has 1 aliphatic rings. The van der Waals surface area contributed by atoms with Gasteiger partial charge in [0.1, 0.15) is 11.3 Å². The van der Waals surface area contributed by atoms with Gasteiger partial charge in [-0.3, -0.25) is 0 Å². The van der Waals surface area contributed by atoms with E-state index in [0.717, 1.165) is 47.1 Å². The number of hydrogen-bond donors (Lipinski definition) is 1. The minimum atomic E-state index is 0.441. The van der Waals surface area contributed by atoms with Crippen molar-refractivity contribution in [2.45, 2.75) is 18.9 Å². The van der Waals surface area contributed by atoms with E-state index in [4.69, 9.17) is 16.6 Å². The lowest BCUT2D eigenvalue weighted by atomic mass is 10.1. The summed E-state index contributed by atoms with van der Waals surface area (Å²) in [5.41, 5.74) is 2.99. The highest BCUT2D eigenvalue weighted by Crippen LogP contribution is 2.27. The third-order valence-electron chi connectivity index (χ3n) is 4.25. The minimum absolute atomic E-state index is 0.441. The molecule has 1 saturated heterocycles. The average molecular weight is 313 g/mol. The quantitative estimate of drug-likeness (QED) is 0.807. The van der Waals surface area contributed by atoms with Crippen molar-refractivity contribution in [3.8, 4) is 0 Å². The van der Waals surface area contributed by atoms with Gasteiger partial charge in [-0.25, -0.2) is 9.97 Å². The number of nitrogens with one attached hydrogen (secondary N) is 1. The molecule has 0 aliphatic carbocycles. The minimum Gasteiger partial charge on any atom is -0.316 e. The molecule has 0 bridgehead atoms. The third-order valence-corrected chi connectivity index (χ3v) is 4.61. The van der Waals surface area contributed by atoms with Crippen molar-refractivity contribution in [2.75, 3.05) is 13.1 Å². The normalized spacial score (nSPS) is 18.1. The van der Waals surface area contributed by atoms with E-state index in [1.54, 1.807) is 0 Å². The summed E-state index contributed by atoms with van der Waals surface area (Å²) in [4.78, 5) is 9.37. The van der Waals surface area contributed by atoms with Crippen LogP contribution >= 0.6 is 11.6 Å². The molecule has 1 fully saturated rings. The second-order valence-electron chi connectivity index (χ2n) is 5.68. The molecule has 4 rings (SSSR count). The van der Waals surface area contributed by atoms with Crippen molar-refractivity contribution in [2.24, 2.45) is 0 Å². The highest BCUT2D eigenvalue weighted by atomic mass is 35.5. The number of halogens is 1.